The fraction of sp³-hybridized carbons (Fsp3) is 0.500. The number of carbonyl (C=O) groups is 3. The third kappa shape index (κ3) is 3.65. The van der Waals surface area contributed by atoms with Crippen molar-refractivity contribution in [2.75, 3.05) is 19.5 Å². The maximum atomic E-state index is 12.3. The zero-order valence-corrected chi connectivity index (χ0v) is 15.6. The van der Waals surface area contributed by atoms with Crippen molar-refractivity contribution in [1.82, 2.24) is 10.2 Å². The molecule has 2 aliphatic rings. The van der Waals surface area contributed by atoms with Gasteiger partial charge in [-0.1, -0.05) is 18.2 Å². The van der Waals surface area contributed by atoms with Gasteiger partial charge in [-0.3, -0.25) is 9.59 Å². The van der Waals surface area contributed by atoms with Crippen molar-refractivity contribution in [2.24, 2.45) is 0 Å². The lowest BCUT2D eigenvalue weighted by molar-refractivity contribution is -0.156. The number of ether oxygens (including phenoxy) is 2. The number of amides is 2. The molecule has 3 rings (SSSR count). The normalized spacial score (nSPS) is 24.3. The Morgan fingerprint density at radius 2 is 2.15 bits per heavy atom. The zero-order chi connectivity index (χ0) is 18.7. The molecule has 2 aliphatic heterocycles. The smallest absolute Gasteiger partial charge is 0.330 e. The van der Waals surface area contributed by atoms with Crippen molar-refractivity contribution in [3.63, 3.8) is 0 Å². The highest BCUT2D eigenvalue weighted by molar-refractivity contribution is 8.01. The van der Waals surface area contributed by atoms with Gasteiger partial charge in [0, 0.05) is 24.3 Å². The van der Waals surface area contributed by atoms with Gasteiger partial charge in [0.1, 0.15) is 11.8 Å². The first kappa shape index (κ1) is 18.6. The third-order valence-corrected chi connectivity index (χ3v) is 6.24. The van der Waals surface area contributed by atoms with Crippen LogP contribution in [0.2, 0.25) is 0 Å². The SMILES string of the molecule is COc1ccccc1CNC(=O)COC(=O)[C@@H]1CS[C@]2(C)CCC(=O)N12. The summed E-state index contributed by atoms with van der Waals surface area (Å²) in [5.74, 6) is 0.234. The van der Waals surface area contributed by atoms with Gasteiger partial charge in [-0.05, 0) is 19.4 Å². The first-order valence-electron chi connectivity index (χ1n) is 8.46. The first-order chi connectivity index (χ1) is 12.4. The summed E-state index contributed by atoms with van der Waals surface area (Å²) < 4.78 is 10.4. The van der Waals surface area contributed by atoms with Crippen molar-refractivity contribution in [2.45, 2.75) is 37.2 Å². The van der Waals surface area contributed by atoms with Crippen LogP contribution in [0.15, 0.2) is 24.3 Å². The number of benzene rings is 1. The molecular weight excluding hydrogens is 356 g/mol. The summed E-state index contributed by atoms with van der Waals surface area (Å²) in [7, 11) is 1.56. The average Bonchev–Trinajstić information content (AvgIpc) is 3.14. The fourth-order valence-corrected chi connectivity index (χ4v) is 4.74. The summed E-state index contributed by atoms with van der Waals surface area (Å²) in [6.07, 6.45) is 1.19. The molecule has 1 aromatic carbocycles. The van der Waals surface area contributed by atoms with Gasteiger partial charge in [-0.15, -0.1) is 11.8 Å². The molecule has 0 spiro atoms. The summed E-state index contributed by atoms with van der Waals surface area (Å²) in [5.41, 5.74) is 0.834. The number of thioether (sulfide) groups is 1. The van der Waals surface area contributed by atoms with E-state index in [1.807, 2.05) is 31.2 Å². The van der Waals surface area contributed by atoms with E-state index in [2.05, 4.69) is 5.32 Å². The Labute approximate surface area is 156 Å². The topological polar surface area (TPSA) is 84.9 Å². The Hall–Kier alpha value is -2.22. The van der Waals surface area contributed by atoms with Crippen LogP contribution in [0.1, 0.15) is 25.3 Å². The highest BCUT2D eigenvalue weighted by Gasteiger charge is 2.53. The molecular formula is C18H22N2O5S. The van der Waals surface area contributed by atoms with Crippen molar-refractivity contribution < 1.29 is 23.9 Å². The standard InChI is InChI=1S/C18H22N2O5S/c1-18-8-7-16(22)20(18)13(11-26-18)17(23)25-10-15(21)19-9-12-5-3-4-6-14(12)24-2/h3-6,13H,7-11H2,1-2H3,(H,19,21)/t13-,18+/m0/s1. The first-order valence-corrected chi connectivity index (χ1v) is 9.44. The number of esters is 1. The molecule has 0 radical (unpaired) electrons. The van der Waals surface area contributed by atoms with Crippen LogP contribution in [-0.4, -0.2) is 53.1 Å². The van der Waals surface area contributed by atoms with E-state index < -0.39 is 17.9 Å². The van der Waals surface area contributed by atoms with Gasteiger partial charge < -0.3 is 19.7 Å². The van der Waals surface area contributed by atoms with Crippen LogP contribution in [0.25, 0.3) is 0 Å². The maximum absolute atomic E-state index is 12.3. The van der Waals surface area contributed by atoms with Crippen LogP contribution < -0.4 is 10.1 Å². The van der Waals surface area contributed by atoms with Crippen LogP contribution in [0.5, 0.6) is 5.75 Å². The molecule has 0 unspecified atom stereocenters. The molecule has 2 fully saturated rings. The van der Waals surface area contributed by atoms with Crippen LogP contribution in [-0.2, 0) is 25.7 Å². The van der Waals surface area contributed by atoms with Gasteiger partial charge in [-0.2, -0.15) is 0 Å². The minimum atomic E-state index is -0.609. The van der Waals surface area contributed by atoms with Gasteiger partial charge in [0.05, 0.1) is 12.0 Å². The second kappa shape index (κ2) is 7.57. The van der Waals surface area contributed by atoms with Crippen LogP contribution in [0, 0.1) is 0 Å². The molecule has 26 heavy (non-hydrogen) atoms. The largest absolute Gasteiger partial charge is 0.496 e. The lowest BCUT2D eigenvalue weighted by atomic mass is 10.2. The minimum Gasteiger partial charge on any atom is -0.496 e. The molecule has 7 nitrogen and oxygen atoms in total. The Morgan fingerprint density at radius 3 is 2.92 bits per heavy atom. The number of methoxy groups -OCH3 is 1. The van der Waals surface area contributed by atoms with Gasteiger partial charge in [0.25, 0.3) is 5.91 Å². The Bertz CT molecular complexity index is 725. The third-order valence-electron chi connectivity index (χ3n) is 4.73. The van der Waals surface area contributed by atoms with Crippen molar-refractivity contribution in [3.05, 3.63) is 29.8 Å². The van der Waals surface area contributed by atoms with Crippen molar-refractivity contribution in [3.8, 4) is 5.75 Å². The predicted molar refractivity (Wildman–Crippen MR) is 96.5 cm³/mol. The van der Waals surface area contributed by atoms with Crippen LogP contribution >= 0.6 is 11.8 Å². The molecule has 0 bridgehead atoms. The monoisotopic (exact) mass is 378 g/mol. The van der Waals surface area contributed by atoms with Gasteiger partial charge in [0.2, 0.25) is 5.91 Å². The number of nitrogens with zero attached hydrogens (tertiary/aromatic N) is 1. The Balaban J connectivity index is 1.49. The van der Waals surface area contributed by atoms with Crippen LogP contribution in [0.4, 0.5) is 0 Å². The average molecular weight is 378 g/mol. The highest BCUT2D eigenvalue weighted by atomic mass is 32.2. The van der Waals surface area contributed by atoms with E-state index in [-0.39, 0.29) is 23.9 Å². The summed E-state index contributed by atoms with van der Waals surface area (Å²) >= 11 is 1.59. The summed E-state index contributed by atoms with van der Waals surface area (Å²) in [5, 5.41) is 2.70. The number of hydrogen-bond acceptors (Lipinski definition) is 6. The van der Waals surface area contributed by atoms with E-state index >= 15 is 0 Å². The van der Waals surface area contributed by atoms with E-state index in [1.54, 1.807) is 23.8 Å². The Morgan fingerprint density at radius 1 is 1.38 bits per heavy atom. The fourth-order valence-electron chi connectivity index (χ4n) is 3.32. The molecule has 2 amide bonds. The number of para-hydroxylation sites is 1. The van der Waals surface area contributed by atoms with Crippen LogP contribution in [0.3, 0.4) is 0 Å². The van der Waals surface area contributed by atoms with Gasteiger partial charge in [-0.25, -0.2) is 4.79 Å². The van der Waals surface area contributed by atoms with E-state index in [9.17, 15) is 14.4 Å². The maximum Gasteiger partial charge on any atom is 0.330 e. The number of hydrogen-bond donors (Lipinski definition) is 1. The zero-order valence-electron chi connectivity index (χ0n) is 14.8. The number of rotatable bonds is 6. The lowest BCUT2D eigenvalue weighted by Crippen LogP contribution is -2.47. The van der Waals surface area contributed by atoms with E-state index in [0.717, 1.165) is 12.0 Å². The van der Waals surface area contributed by atoms with E-state index in [4.69, 9.17) is 9.47 Å². The highest BCUT2D eigenvalue weighted by Crippen LogP contribution is 2.47. The number of nitrogens with one attached hydrogen (secondary N) is 1. The molecule has 140 valence electrons. The molecule has 8 heteroatoms. The summed E-state index contributed by atoms with van der Waals surface area (Å²) in [6.45, 7) is 1.88. The molecule has 1 N–H and O–H groups in total. The lowest BCUT2D eigenvalue weighted by Gasteiger charge is -2.29. The minimum absolute atomic E-state index is 0.0277. The quantitative estimate of drug-likeness (QED) is 0.752. The van der Waals surface area contributed by atoms with Crippen molar-refractivity contribution in [1.29, 1.82) is 0 Å². The van der Waals surface area contributed by atoms with E-state index in [0.29, 0.717) is 17.9 Å². The predicted octanol–water partition coefficient (Wildman–Crippen LogP) is 1.31. The van der Waals surface area contributed by atoms with Gasteiger partial charge >= 0.3 is 5.97 Å². The van der Waals surface area contributed by atoms with E-state index in [1.165, 1.54) is 0 Å². The molecule has 0 aliphatic carbocycles. The summed E-state index contributed by atoms with van der Waals surface area (Å²) in [6, 6.07) is 6.75. The molecule has 0 saturated carbocycles. The number of fused-ring (bicyclic) bond motifs is 1. The molecule has 0 aromatic heterocycles. The molecule has 2 heterocycles. The second-order valence-electron chi connectivity index (χ2n) is 6.46. The molecule has 2 saturated heterocycles. The molecule has 2 atom stereocenters. The Kier molecular flexibility index (Phi) is 5.41. The second-order valence-corrected chi connectivity index (χ2v) is 7.96. The summed E-state index contributed by atoms with van der Waals surface area (Å²) in [4.78, 5) is 37.6. The van der Waals surface area contributed by atoms with Crippen molar-refractivity contribution >= 4 is 29.5 Å². The molecule has 1 aromatic rings. The number of carbonyl (C=O) groups excluding carboxylic acids is 3. The van der Waals surface area contributed by atoms with Gasteiger partial charge in [0.15, 0.2) is 6.61 Å².